The average Bonchev–Trinajstić information content (AvgIpc) is 2.77. The fourth-order valence-corrected chi connectivity index (χ4v) is 3.52. The molecular formula is C22H28N4O3. The molecule has 2 N–H and O–H groups in total. The van der Waals surface area contributed by atoms with E-state index >= 15 is 0 Å². The zero-order valence-corrected chi connectivity index (χ0v) is 16.8. The largest absolute Gasteiger partial charge is 0.496 e. The molecule has 0 saturated carbocycles. The predicted octanol–water partition coefficient (Wildman–Crippen LogP) is 1.73. The molecule has 1 fully saturated rings. The number of ether oxygens (including phenoxy) is 1. The van der Waals surface area contributed by atoms with E-state index in [4.69, 9.17) is 4.74 Å². The van der Waals surface area contributed by atoms with Gasteiger partial charge in [0, 0.05) is 37.6 Å². The van der Waals surface area contributed by atoms with Crippen LogP contribution in [-0.2, 0) is 22.7 Å². The number of rotatable bonds is 7. The van der Waals surface area contributed by atoms with E-state index in [1.54, 1.807) is 13.3 Å². The summed E-state index contributed by atoms with van der Waals surface area (Å²) < 4.78 is 5.25. The summed E-state index contributed by atoms with van der Waals surface area (Å²) >= 11 is 0. The maximum Gasteiger partial charge on any atom is 0.309 e. The number of pyridine rings is 1. The van der Waals surface area contributed by atoms with Crippen molar-refractivity contribution in [3.8, 4) is 5.75 Å². The monoisotopic (exact) mass is 396 g/mol. The highest BCUT2D eigenvalue weighted by atomic mass is 16.5. The number of hydrogen-bond donors (Lipinski definition) is 2. The molecule has 154 valence electrons. The van der Waals surface area contributed by atoms with Crippen LogP contribution in [0.15, 0.2) is 48.8 Å². The van der Waals surface area contributed by atoms with Gasteiger partial charge in [-0.3, -0.25) is 19.5 Å². The Hall–Kier alpha value is -2.93. The summed E-state index contributed by atoms with van der Waals surface area (Å²) in [7, 11) is 1.58. The normalized spacial score (nSPS) is 14.9. The highest BCUT2D eigenvalue weighted by molar-refractivity contribution is 6.35. The molecule has 0 aliphatic carbocycles. The van der Waals surface area contributed by atoms with E-state index < -0.39 is 11.8 Å². The Morgan fingerprint density at radius 1 is 1.10 bits per heavy atom. The van der Waals surface area contributed by atoms with Crippen LogP contribution < -0.4 is 15.4 Å². The molecule has 1 aliphatic heterocycles. The molecule has 1 aliphatic rings. The third kappa shape index (κ3) is 6.29. The number of benzene rings is 1. The van der Waals surface area contributed by atoms with Crippen molar-refractivity contribution < 1.29 is 14.3 Å². The molecule has 7 heteroatoms. The van der Waals surface area contributed by atoms with Gasteiger partial charge in [0.05, 0.1) is 7.11 Å². The van der Waals surface area contributed by atoms with E-state index in [1.165, 1.54) is 5.56 Å². The Labute approximate surface area is 171 Å². The third-order valence-electron chi connectivity index (χ3n) is 5.23. The standard InChI is InChI=1S/C22H28N4O3/c1-29-20-7-3-2-6-19(20)15-25-22(28)21(27)24-14-17-8-11-26(12-9-17)16-18-5-4-10-23-13-18/h2-7,10,13,17H,8-9,11-12,14-16H2,1H3,(H,24,27)(H,25,28). The molecule has 1 aromatic heterocycles. The molecule has 2 amide bonds. The van der Waals surface area contributed by atoms with Gasteiger partial charge in [-0.25, -0.2) is 0 Å². The summed E-state index contributed by atoms with van der Waals surface area (Å²) in [6.45, 7) is 3.65. The van der Waals surface area contributed by atoms with Gasteiger partial charge in [-0.15, -0.1) is 0 Å². The maximum atomic E-state index is 12.1. The highest BCUT2D eigenvalue weighted by Gasteiger charge is 2.21. The quantitative estimate of drug-likeness (QED) is 0.697. The van der Waals surface area contributed by atoms with Gasteiger partial charge in [-0.05, 0) is 49.5 Å². The molecule has 29 heavy (non-hydrogen) atoms. The highest BCUT2D eigenvalue weighted by Crippen LogP contribution is 2.18. The lowest BCUT2D eigenvalue weighted by Crippen LogP contribution is -2.43. The van der Waals surface area contributed by atoms with Crippen LogP contribution >= 0.6 is 0 Å². The first-order chi connectivity index (χ1) is 14.2. The Balaban J connectivity index is 1.35. The molecular weight excluding hydrogens is 368 g/mol. The Kier molecular flexibility index (Phi) is 7.58. The van der Waals surface area contributed by atoms with Gasteiger partial charge in [0.25, 0.3) is 0 Å². The number of carbonyl (C=O) groups excluding carboxylic acids is 2. The van der Waals surface area contributed by atoms with E-state index in [0.717, 1.165) is 38.0 Å². The van der Waals surface area contributed by atoms with E-state index in [2.05, 4.69) is 26.6 Å². The van der Waals surface area contributed by atoms with E-state index in [1.807, 2.05) is 36.5 Å². The Morgan fingerprint density at radius 3 is 2.59 bits per heavy atom. The topological polar surface area (TPSA) is 83.6 Å². The molecule has 3 rings (SSSR count). The summed E-state index contributed by atoms with van der Waals surface area (Å²) in [6, 6.07) is 11.4. The van der Waals surface area contributed by atoms with Crippen molar-refractivity contribution >= 4 is 11.8 Å². The fourth-order valence-electron chi connectivity index (χ4n) is 3.52. The number of amides is 2. The van der Waals surface area contributed by atoms with Crippen molar-refractivity contribution in [2.24, 2.45) is 5.92 Å². The van der Waals surface area contributed by atoms with Gasteiger partial charge in [0.15, 0.2) is 0 Å². The molecule has 2 aromatic rings. The molecule has 0 bridgehead atoms. The van der Waals surface area contributed by atoms with Gasteiger partial charge in [0.1, 0.15) is 5.75 Å². The number of hydrogen-bond acceptors (Lipinski definition) is 5. The van der Waals surface area contributed by atoms with Crippen LogP contribution in [0.2, 0.25) is 0 Å². The molecule has 2 heterocycles. The first-order valence-corrected chi connectivity index (χ1v) is 9.95. The molecule has 1 saturated heterocycles. The van der Waals surface area contributed by atoms with Crippen LogP contribution in [0.25, 0.3) is 0 Å². The number of nitrogens with zero attached hydrogens (tertiary/aromatic N) is 2. The van der Waals surface area contributed by atoms with Crippen LogP contribution in [0.5, 0.6) is 5.75 Å². The number of likely N-dealkylation sites (tertiary alicyclic amines) is 1. The molecule has 0 unspecified atom stereocenters. The lowest BCUT2D eigenvalue weighted by molar-refractivity contribution is -0.139. The SMILES string of the molecule is COc1ccccc1CNC(=O)C(=O)NCC1CCN(Cc2cccnc2)CC1. The third-order valence-corrected chi connectivity index (χ3v) is 5.23. The first kappa shape index (κ1) is 20.8. The maximum absolute atomic E-state index is 12.1. The van der Waals surface area contributed by atoms with Crippen LogP contribution in [0.4, 0.5) is 0 Å². The smallest absolute Gasteiger partial charge is 0.309 e. The average molecular weight is 396 g/mol. The second-order valence-electron chi connectivity index (χ2n) is 7.29. The van der Waals surface area contributed by atoms with E-state index in [0.29, 0.717) is 18.2 Å². The second-order valence-corrected chi connectivity index (χ2v) is 7.29. The number of aromatic nitrogens is 1. The van der Waals surface area contributed by atoms with Crippen LogP contribution in [0, 0.1) is 5.92 Å². The van der Waals surface area contributed by atoms with Crippen LogP contribution in [-0.4, -0.2) is 48.4 Å². The van der Waals surface area contributed by atoms with Gasteiger partial charge < -0.3 is 15.4 Å². The summed E-state index contributed by atoms with van der Waals surface area (Å²) in [4.78, 5) is 30.7. The minimum Gasteiger partial charge on any atom is -0.496 e. The molecule has 0 atom stereocenters. The number of piperidine rings is 1. The first-order valence-electron chi connectivity index (χ1n) is 9.95. The molecule has 0 spiro atoms. The minimum atomic E-state index is -0.620. The van der Waals surface area contributed by atoms with Crippen molar-refractivity contribution in [3.63, 3.8) is 0 Å². The van der Waals surface area contributed by atoms with Crippen molar-refractivity contribution in [3.05, 3.63) is 59.9 Å². The van der Waals surface area contributed by atoms with E-state index in [-0.39, 0.29) is 6.54 Å². The fraction of sp³-hybridized carbons (Fsp3) is 0.409. The van der Waals surface area contributed by atoms with Crippen LogP contribution in [0.1, 0.15) is 24.0 Å². The van der Waals surface area contributed by atoms with Crippen molar-refractivity contribution in [1.29, 1.82) is 0 Å². The number of nitrogens with one attached hydrogen (secondary N) is 2. The molecule has 0 radical (unpaired) electrons. The Bertz CT molecular complexity index is 805. The van der Waals surface area contributed by atoms with Gasteiger partial charge in [-0.1, -0.05) is 24.3 Å². The lowest BCUT2D eigenvalue weighted by atomic mass is 9.96. The zero-order chi connectivity index (χ0) is 20.5. The predicted molar refractivity (Wildman–Crippen MR) is 110 cm³/mol. The van der Waals surface area contributed by atoms with E-state index in [9.17, 15) is 9.59 Å². The summed E-state index contributed by atoms with van der Waals surface area (Å²) in [6.07, 6.45) is 5.69. The summed E-state index contributed by atoms with van der Waals surface area (Å²) in [5.74, 6) is -0.125. The molecule has 1 aromatic carbocycles. The van der Waals surface area contributed by atoms with Gasteiger partial charge >= 0.3 is 11.8 Å². The van der Waals surface area contributed by atoms with Crippen molar-refractivity contribution in [2.45, 2.75) is 25.9 Å². The second kappa shape index (κ2) is 10.6. The van der Waals surface area contributed by atoms with Crippen molar-refractivity contribution in [1.82, 2.24) is 20.5 Å². The number of para-hydroxylation sites is 1. The lowest BCUT2D eigenvalue weighted by Gasteiger charge is -2.31. The van der Waals surface area contributed by atoms with Crippen LogP contribution in [0.3, 0.4) is 0 Å². The zero-order valence-electron chi connectivity index (χ0n) is 16.8. The van der Waals surface area contributed by atoms with Gasteiger partial charge in [-0.2, -0.15) is 0 Å². The number of carbonyl (C=O) groups is 2. The molecule has 7 nitrogen and oxygen atoms in total. The summed E-state index contributed by atoms with van der Waals surface area (Å²) in [5, 5.41) is 5.42. The van der Waals surface area contributed by atoms with Gasteiger partial charge in [0.2, 0.25) is 0 Å². The Morgan fingerprint density at radius 2 is 1.86 bits per heavy atom. The number of methoxy groups -OCH3 is 1. The minimum absolute atomic E-state index is 0.253. The summed E-state index contributed by atoms with van der Waals surface area (Å²) in [5.41, 5.74) is 2.04. The van der Waals surface area contributed by atoms with Crippen molar-refractivity contribution in [2.75, 3.05) is 26.7 Å².